The van der Waals surface area contributed by atoms with Crippen LogP contribution in [0.5, 0.6) is 0 Å². The number of aliphatic carboxylic acids is 1. The van der Waals surface area contributed by atoms with E-state index >= 15 is 0 Å². The van der Waals surface area contributed by atoms with Crippen LogP contribution in [0.4, 0.5) is 0 Å². The van der Waals surface area contributed by atoms with Crippen LogP contribution in [0, 0.1) is 0 Å². The summed E-state index contributed by atoms with van der Waals surface area (Å²) in [5, 5.41) is 11.7. The van der Waals surface area contributed by atoms with Crippen LogP contribution >= 0.6 is 0 Å². The van der Waals surface area contributed by atoms with Gasteiger partial charge < -0.3 is 20.9 Å². The Morgan fingerprint density at radius 2 is 2.06 bits per heavy atom. The van der Waals surface area contributed by atoms with Gasteiger partial charge in [0.05, 0.1) is 6.10 Å². The van der Waals surface area contributed by atoms with E-state index in [2.05, 4.69) is 5.32 Å². The van der Waals surface area contributed by atoms with E-state index in [1.807, 2.05) is 13.8 Å². The second-order valence-electron chi connectivity index (χ2n) is 4.12. The summed E-state index contributed by atoms with van der Waals surface area (Å²) in [6.45, 7) is 5.02. The molecular weight excluding hydrogens is 224 g/mol. The predicted molar refractivity (Wildman–Crippen MR) is 63.6 cm³/mol. The molecule has 0 aliphatic carbocycles. The van der Waals surface area contributed by atoms with E-state index < -0.39 is 17.9 Å². The van der Waals surface area contributed by atoms with E-state index in [4.69, 9.17) is 15.6 Å². The third-order valence-electron chi connectivity index (χ3n) is 2.14. The van der Waals surface area contributed by atoms with Gasteiger partial charge in [0.1, 0.15) is 6.04 Å². The molecule has 0 rings (SSSR count). The van der Waals surface area contributed by atoms with Crippen molar-refractivity contribution in [1.29, 1.82) is 0 Å². The van der Waals surface area contributed by atoms with Crippen LogP contribution in [0.1, 0.15) is 33.1 Å². The summed E-state index contributed by atoms with van der Waals surface area (Å²) in [6.07, 6.45) is 1.21. The van der Waals surface area contributed by atoms with Crippen molar-refractivity contribution in [2.75, 3.05) is 13.2 Å². The number of nitrogens with one attached hydrogen (secondary N) is 1. The topological polar surface area (TPSA) is 102 Å². The highest BCUT2D eigenvalue weighted by molar-refractivity contribution is 5.77. The number of nitrogens with two attached hydrogens (primary N) is 1. The van der Waals surface area contributed by atoms with Crippen molar-refractivity contribution in [1.82, 2.24) is 5.32 Å². The molecule has 0 aromatic rings. The molecule has 0 aliphatic heterocycles. The number of rotatable bonds is 10. The molecule has 0 heterocycles. The minimum absolute atomic E-state index is 0.0759. The number of hydrogen-bond donors (Lipinski definition) is 3. The molecule has 0 aromatic carbocycles. The molecule has 0 saturated carbocycles. The second-order valence-corrected chi connectivity index (χ2v) is 4.12. The van der Waals surface area contributed by atoms with Crippen molar-refractivity contribution in [3.8, 4) is 0 Å². The van der Waals surface area contributed by atoms with Crippen LogP contribution in [-0.2, 0) is 14.3 Å². The van der Waals surface area contributed by atoms with E-state index in [0.717, 1.165) is 6.42 Å². The molecule has 1 atom stereocenters. The highest BCUT2D eigenvalue weighted by Gasteiger charge is 2.16. The quantitative estimate of drug-likeness (QED) is 0.475. The van der Waals surface area contributed by atoms with Gasteiger partial charge >= 0.3 is 5.97 Å². The number of hydrogen-bond acceptors (Lipinski definition) is 4. The molecule has 17 heavy (non-hydrogen) atoms. The van der Waals surface area contributed by atoms with Crippen LogP contribution in [-0.4, -0.2) is 42.3 Å². The molecule has 4 N–H and O–H groups in total. The van der Waals surface area contributed by atoms with E-state index in [9.17, 15) is 9.59 Å². The fraction of sp³-hybridized carbons (Fsp3) is 0.818. The molecule has 0 unspecified atom stereocenters. The van der Waals surface area contributed by atoms with E-state index in [1.54, 1.807) is 0 Å². The summed E-state index contributed by atoms with van der Waals surface area (Å²) in [5.41, 5.74) is 4.97. The number of carboxylic acids is 1. The van der Waals surface area contributed by atoms with Gasteiger partial charge in [0.2, 0.25) is 5.91 Å². The Balaban J connectivity index is 3.70. The van der Waals surface area contributed by atoms with Crippen LogP contribution < -0.4 is 11.1 Å². The standard InChI is InChI=1S/C11H22N2O4/c1-8(2)17-7-3-6-13-9(11(15)16)4-5-10(12)14/h8-9,13H,3-7H2,1-2H3,(H2,12,14)(H,15,16)/t9-/m0/s1. The lowest BCUT2D eigenvalue weighted by atomic mass is 10.1. The molecule has 100 valence electrons. The number of amides is 1. The average molecular weight is 246 g/mol. The molecule has 0 radical (unpaired) electrons. The Morgan fingerprint density at radius 3 is 2.53 bits per heavy atom. The normalized spacial score (nSPS) is 12.6. The maximum absolute atomic E-state index is 10.8. The SMILES string of the molecule is CC(C)OCCCN[C@@H](CCC(N)=O)C(=O)O. The molecule has 1 amide bonds. The first kappa shape index (κ1) is 15.9. The summed E-state index contributed by atoms with van der Waals surface area (Å²) in [5.74, 6) is -1.45. The van der Waals surface area contributed by atoms with Gasteiger partial charge in [-0.3, -0.25) is 9.59 Å². The van der Waals surface area contributed by atoms with Crippen molar-refractivity contribution < 1.29 is 19.4 Å². The number of primary amides is 1. The van der Waals surface area contributed by atoms with Gasteiger partial charge in [0.15, 0.2) is 0 Å². The minimum atomic E-state index is -0.962. The van der Waals surface area contributed by atoms with Gasteiger partial charge in [0, 0.05) is 13.0 Å². The first-order chi connectivity index (χ1) is 7.93. The number of carbonyl (C=O) groups is 2. The summed E-state index contributed by atoms with van der Waals surface area (Å²) < 4.78 is 5.32. The Kier molecular flexibility index (Phi) is 8.35. The third-order valence-corrected chi connectivity index (χ3v) is 2.14. The first-order valence-electron chi connectivity index (χ1n) is 5.79. The average Bonchev–Trinajstić information content (AvgIpc) is 2.20. The number of carboxylic acid groups (broad SMARTS) is 1. The first-order valence-corrected chi connectivity index (χ1v) is 5.79. The Bertz CT molecular complexity index is 244. The van der Waals surface area contributed by atoms with Crippen molar-refractivity contribution in [3.63, 3.8) is 0 Å². The lowest BCUT2D eigenvalue weighted by Crippen LogP contribution is -2.38. The predicted octanol–water partition coefficient (Wildman–Crippen LogP) is 0.110. The van der Waals surface area contributed by atoms with Gasteiger partial charge in [-0.1, -0.05) is 0 Å². The summed E-state index contributed by atoms with van der Waals surface area (Å²) in [6, 6.07) is -0.721. The molecule has 0 saturated heterocycles. The van der Waals surface area contributed by atoms with E-state index in [-0.39, 0.29) is 18.9 Å². The maximum Gasteiger partial charge on any atom is 0.320 e. The van der Waals surface area contributed by atoms with Crippen LogP contribution in [0.15, 0.2) is 0 Å². The molecule has 0 aliphatic rings. The van der Waals surface area contributed by atoms with Crippen LogP contribution in [0.2, 0.25) is 0 Å². The van der Waals surface area contributed by atoms with E-state index in [1.165, 1.54) is 0 Å². The van der Waals surface area contributed by atoms with Crippen molar-refractivity contribution >= 4 is 11.9 Å². The lowest BCUT2D eigenvalue weighted by Gasteiger charge is -2.14. The molecule has 6 heteroatoms. The summed E-state index contributed by atoms with van der Waals surface area (Å²) >= 11 is 0. The van der Waals surface area contributed by atoms with Crippen molar-refractivity contribution in [2.45, 2.75) is 45.3 Å². The Morgan fingerprint density at radius 1 is 1.41 bits per heavy atom. The molecule has 0 spiro atoms. The van der Waals surface area contributed by atoms with Gasteiger partial charge in [-0.15, -0.1) is 0 Å². The molecular formula is C11H22N2O4. The van der Waals surface area contributed by atoms with Crippen molar-refractivity contribution in [2.24, 2.45) is 5.73 Å². The molecule has 0 fully saturated rings. The highest BCUT2D eigenvalue weighted by Crippen LogP contribution is 1.98. The summed E-state index contributed by atoms with van der Waals surface area (Å²) in [4.78, 5) is 21.4. The fourth-order valence-corrected chi connectivity index (χ4v) is 1.27. The van der Waals surface area contributed by atoms with Crippen LogP contribution in [0.3, 0.4) is 0 Å². The van der Waals surface area contributed by atoms with Gasteiger partial charge in [-0.2, -0.15) is 0 Å². The van der Waals surface area contributed by atoms with Crippen LogP contribution in [0.25, 0.3) is 0 Å². The highest BCUT2D eigenvalue weighted by atomic mass is 16.5. The zero-order valence-corrected chi connectivity index (χ0v) is 10.4. The number of carbonyl (C=O) groups excluding carboxylic acids is 1. The zero-order chi connectivity index (χ0) is 13.3. The smallest absolute Gasteiger partial charge is 0.320 e. The number of ether oxygens (including phenoxy) is 1. The van der Waals surface area contributed by atoms with Gasteiger partial charge in [0.25, 0.3) is 0 Å². The Labute approximate surface area is 102 Å². The molecule has 0 bridgehead atoms. The van der Waals surface area contributed by atoms with Gasteiger partial charge in [-0.05, 0) is 33.2 Å². The maximum atomic E-state index is 10.8. The molecule has 0 aromatic heterocycles. The lowest BCUT2D eigenvalue weighted by molar-refractivity contribution is -0.139. The zero-order valence-electron chi connectivity index (χ0n) is 10.4. The van der Waals surface area contributed by atoms with Crippen molar-refractivity contribution in [3.05, 3.63) is 0 Å². The van der Waals surface area contributed by atoms with E-state index in [0.29, 0.717) is 13.2 Å². The fourth-order valence-electron chi connectivity index (χ4n) is 1.27. The van der Waals surface area contributed by atoms with Gasteiger partial charge in [-0.25, -0.2) is 0 Å². The monoisotopic (exact) mass is 246 g/mol. The third kappa shape index (κ3) is 9.77. The largest absolute Gasteiger partial charge is 0.480 e. The minimum Gasteiger partial charge on any atom is -0.480 e. The Hall–Kier alpha value is -1.14. The summed E-state index contributed by atoms with van der Waals surface area (Å²) in [7, 11) is 0. The second kappa shape index (κ2) is 8.95. The molecule has 6 nitrogen and oxygen atoms in total.